The summed E-state index contributed by atoms with van der Waals surface area (Å²) in [5.41, 5.74) is 0. The molecule has 24 heavy (non-hydrogen) atoms. The molecule has 5 heteroatoms. The van der Waals surface area contributed by atoms with E-state index in [-0.39, 0.29) is 17.0 Å². The zero-order valence-electron chi connectivity index (χ0n) is 12.6. The van der Waals surface area contributed by atoms with Crippen LogP contribution in [0.25, 0.3) is 0 Å². The molecule has 0 bridgehead atoms. The van der Waals surface area contributed by atoms with Gasteiger partial charge in [0.25, 0.3) is 0 Å². The maximum Gasteiger partial charge on any atom is 0.422 e. The highest BCUT2D eigenvalue weighted by molar-refractivity contribution is 9.11. The summed E-state index contributed by atoms with van der Waals surface area (Å²) in [5, 5.41) is 1.96. The van der Waals surface area contributed by atoms with Crippen molar-refractivity contribution in [3.63, 3.8) is 0 Å². The lowest BCUT2D eigenvalue weighted by atomic mass is 10.4. The van der Waals surface area contributed by atoms with Crippen molar-refractivity contribution in [1.82, 2.24) is 0 Å². The average molecular weight is 473 g/mol. The molecule has 0 spiro atoms. The molecular weight excluding hydrogens is 457 g/mol. The third-order valence-corrected chi connectivity index (χ3v) is 9.39. The lowest BCUT2D eigenvalue weighted by molar-refractivity contribution is 0.213. The second-order valence-corrected chi connectivity index (χ2v) is 10.2. The minimum absolute atomic E-state index is 0. The Kier molecular flexibility index (Phi) is 6.30. The average Bonchev–Trinajstić information content (AvgIpc) is 2.57. The van der Waals surface area contributed by atoms with E-state index in [9.17, 15) is 0 Å². The van der Waals surface area contributed by atoms with Crippen LogP contribution in [-0.2, 0) is 0 Å². The third kappa shape index (κ3) is 3.33. The molecule has 3 rings (SSSR count). The Labute approximate surface area is 160 Å². The lowest BCUT2D eigenvalue weighted by Crippen LogP contribution is -2.39. The first-order chi connectivity index (χ1) is 11.1. The molecule has 0 N–H and O–H groups in total. The van der Waals surface area contributed by atoms with Gasteiger partial charge in [0, 0.05) is 15.9 Å². The van der Waals surface area contributed by atoms with Crippen molar-refractivity contribution in [2.24, 2.45) is 0 Å². The standard InChI is InChI=1S/C19H15BrF2P.BrH/c20-19(21,22)23(16-10-4-1-5-11-16,17-12-6-2-7-13-17)18-14-8-3-9-15-18;/h1-15H;1H/q+1;. The van der Waals surface area contributed by atoms with Crippen LogP contribution in [0.4, 0.5) is 8.78 Å². The van der Waals surface area contributed by atoms with Gasteiger partial charge in [-0.3, -0.25) is 0 Å². The zero-order chi connectivity index (χ0) is 16.3. The quantitative estimate of drug-likeness (QED) is 0.347. The summed E-state index contributed by atoms with van der Waals surface area (Å²) < 4.78 is 27.1. The van der Waals surface area contributed by atoms with E-state index in [1.807, 2.05) is 54.6 Å². The molecule has 0 unspecified atom stereocenters. The van der Waals surface area contributed by atoms with E-state index >= 15 is 8.78 Å². The summed E-state index contributed by atoms with van der Waals surface area (Å²) >= 11 is 2.73. The van der Waals surface area contributed by atoms with E-state index < -0.39 is 11.8 Å². The Morgan fingerprint density at radius 3 is 1.04 bits per heavy atom. The number of hydrogen-bond donors (Lipinski definition) is 0. The molecular formula is C19H16Br2F2P+. The van der Waals surface area contributed by atoms with Crippen LogP contribution in [0.3, 0.4) is 0 Å². The summed E-state index contributed by atoms with van der Waals surface area (Å²) in [7, 11) is -3.15. The van der Waals surface area contributed by atoms with Crippen LogP contribution in [0.5, 0.6) is 0 Å². The van der Waals surface area contributed by atoms with E-state index in [1.54, 1.807) is 36.4 Å². The number of benzene rings is 3. The Morgan fingerprint density at radius 1 is 0.583 bits per heavy atom. The van der Waals surface area contributed by atoms with Gasteiger partial charge >= 0.3 is 4.57 Å². The van der Waals surface area contributed by atoms with Crippen LogP contribution in [0.15, 0.2) is 91.0 Å². The Bertz CT molecular complexity index is 663. The van der Waals surface area contributed by atoms with Crippen molar-refractivity contribution in [3.8, 4) is 0 Å². The molecule has 3 aromatic rings. The first-order valence-electron chi connectivity index (χ1n) is 7.19. The smallest absolute Gasteiger partial charge is 0.154 e. The van der Waals surface area contributed by atoms with Gasteiger partial charge in [0.15, 0.2) is 7.26 Å². The molecule has 3 aromatic carbocycles. The molecule has 0 saturated heterocycles. The maximum atomic E-state index is 15.1. The highest BCUT2D eigenvalue weighted by Gasteiger charge is 2.64. The van der Waals surface area contributed by atoms with Crippen molar-refractivity contribution in [2.45, 2.75) is 4.57 Å². The minimum Gasteiger partial charge on any atom is -0.154 e. The van der Waals surface area contributed by atoms with Crippen molar-refractivity contribution in [3.05, 3.63) is 91.0 Å². The predicted octanol–water partition coefficient (Wildman–Crippen LogP) is 5.50. The van der Waals surface area contributed by atoms with Crippen LogP contribution >= 0.6 is 40.2 Å². The van der Waals surface area contributed by atoms with Gasteiger partial charge in [-0.25, -0.2) is 0 Å². The highest BCUT2D eigenvalue weighted by atomic mass is 79.9. The molecule has 0 aliphatic heterocycles. The number of hydrogen-bond acceptors (Lipinski definition) is 0. The maximum absolute atomic E-state index is 15.1. The monoisotopic (exact) mass is 471 g/mol. The van der Waals surface area contributed by atoms with Crippen molar-refractivity contribution in [2.75, 3.05) is 0 Å². The van der Waals surface area contributed by atoms with Gasteiger partial charge in [-0.2, -0.15) is 8.78 Å². The van der Waals surface area contributed by atoms with E-state index in [2.05, 4.69) is 15.9 Å². The fraction of sp³-hybridized carbons (Fsp3) is 0.0526. The van der Waals surface area contributed by atoms with Gasteiger partial charge in [0.05, 0.1) is 0 Å². The second-order valence-electron chi connectivity index (χ2n) is 5.15. The fourth-order valence-corrected chi connectivity index (χ4v) is 8.31. The molecule has 0 aliphatic carbocycles. The second kappa shape index (κ2) is 7.86. The minimum atomic E-state index is -3.15. The molecule has 0 aliphatic rings. The summed E-state index contributed by atoms with van der Waals surface area (Å²) in [5.74, 6) is 0. The largest absolute Gasteiger partial charge is 0.422 e. The van der Waals surface area contributed by atoms with Crippen LogP contribution in [0, 0.1) is 0 Å². The first-order valence-corrected chi connectivity index (χ1v) is 9.78. The predicted molar refractivity (Wildman–Crippen MR) is 109 cm³/mol. The van der Waals surface area contributed by atoms with Gasteiger partial charge < -0.3 is 0 Å². The fourth-order valence-electron chi connectivity index (χ4n) is 2.84. The molecule has 0 saturated carbocycles. The first kappa shape index (κ1) is 19.2. The number of halogens is 4. The molecule has 0 fully saturated rings. The molecule has 0 amide bonds. The molecule has 0 heterocycles. The van der Waals surface area contributed by atoms with Gasteiger partial charge in [-0.15, -0.1) is 17.0 Å². The van der Waals surface area contributed by atoms with Crippen molar-refractivity contribution in [1.29, 1.82) is 0 Å². The zero-order valence-corrected chi connectivity index (χ0v) is 16.8. The third-order valence-electron chi connectivity index (χ3n) is 3.81. The SMILES string of the molecule is Br.FC(F)(Br)[P+](c1ccccc1)(c1ccccc1)c1ccccc1. The van der Waals surface area contributed by atoms with Crippen molar-refractivity contribution >= 4 is 56.1 Å². The van der Waals surface area contributed by atoms with Crippen LogP contribution in [0.2, 0.25) is 0 Å². The number of alkyl halides is 3. The molecule has 124 valence electrons. The molecule has 0 radical (unpaired) electrons. The van der Waals surface area contributed by atoms with Gasteiger partial charge in [0.2, 0.25) is 0 Å². The lowest BCUT2D eigenvalue weighted by Gasteiger charge is -2.30. The Morgan fingerprint density at radius 2 is 0.833 bits per heavy atom. The number of rotatable bonds is 4. The van der Waals surface area contributed by atoms with E-state index in [0.29, 0.717) is 15.9 Å². The summed E-state index contributed by atoms with van der Waals surface area (Å²) in [6.45, 7) is 0. The van der Waals surface area contributed by atoms with Crippen LogP contribution < -0.4 is 15.9 Å². The van der Waals surface area contributed by atoms with Crippen LogP contribution in [0.1, 0.15) is 0 Å². The van der Waals surface area contributed by atoms with Gasteiger partial charge in [-0.05, 0) is 36.4 Å². The van der Waals surface area contributed by atoms with E-state index in [4.69, 9.17) is 0 Å². The summed E-state index contributed by atoms with van der Waals surface area (Å²) in [6.07, 6.45) is 0. The summed E-state index contributed by atoms with van der Waals surface area (Å²) in [6, 6.07) is 27.2. The topological polar surface area (TPSA) is 0 Å². The summed E-state index contributed by atoms with van der Waals surface area (Å²) in [4.78, 5) is 0. The Balaban J connectivity index is 0.00000208. The van der Waals surface area contributed by atoms with Crippen LogP contribution in [-0.4, -0.2) is 4.57 Å². The highest BCUT2D eigenvalue weighted by Crippen LogP contribution is 2.69. The van der Waals surface area contributed by atoms with Gasteiger partial charge in [0.1, 0.15) is 15.9 Å². The normalized spacial score (nSPS) is 11.6. The van der Waals surface area contributed by atoms with Gasteiger partial charge in [-0.1, -0.05) is 54.6 Å². The Hall–Kier alpha value is -1.09. The molecule has 0 aromatic heterocycles. The van der Waals surface area contributed by atoms with E-state index in [1.165, 1.54) is 0 Å². The van der Waals surface area contributed by atoms with Crippen molar-refractivity contribution < 1.29 is 8.78 Å². The molecule has 0 atom stereocenters. The molecule has 0 nitrogen and oxygen atoms in total. The van der Waals surface area contributed by atoms with E-state index in [0.717, 1.165) is 0 Å².